The molecule has 0 aliphatic carbocycles. The summed E-state index contributed by atoms with van der Waals surface area (Å²) in [5.74, 6) is 1.77. The maximum atomic E-state index is 5.66. The first-order valence-electron chi connectivity index (χ1n) is 7.63. The number of rotatable bonds is 5. The number of fused-ring (bicyclic) bond motifs is 1. The zero-order valence-corrected chi connectivity index (χ0v) is 12.2. The molecule has 2 aliphatic rings. The molecule has 1 saturated heterocycles. The van der Waals surface area contributed by atoms with Gasteiger partial charge >= 0.3 is 0 Å². The van der Waals surface area contributed by atoms with Gasteiger partial charge < -0.3 is 19.7 Å². The number of hydrogen-bond donors (Lipinski definition) is 1. The lowest BCUT2D eigenvalue weighted by Crippen LogP contribution is -2.39. The van der Waals surface area contributed by atoms with E-state index in [4.69, 9.17) is 9.47 Å². The number of likely N-dealkylation sites (tertiary alicyclic amines) is 1. The third kappa shape index (κ3) is 3.25. The minimum atomic E-state index is 0.496. The molecule has 1 fully saturated rings. The van der Waals surface area contributed by atoms with Crippen LogP contribution in [-0.4, -0.2) is 50.8 Å². The highest BCUT2D eigenvalue weighted by molar-refractivity contribution is 5.44. The molecule has 0 radical (unpaired) electrons. The van der Waals surface area contributed by atoms with Gasteiger partial charge in [-0.3, -0.25) is 0 Å². The second-order valence-corrected chi connectivity index (χ2v) is 5.68. The zero-order valence-electron chi connectivity index (χ0n) is 12.2. The second-order valence-electron chi connectivity index (χ2n) is 5.68. The normalized spacial score (nSPS) is 20.1. The summed E-state index contributed by atoms with van der Waals surface area (Å²) in [6.45, 7) is 4.93. The van der Waals surface area contributed by atoms with Gasteiger partial charge in [-0.1, -0.05) is 6.07 Å². The fraction of sp³-hybridized carbons (Fsp3) is 0.625. The van der Waals surface area contributed by atoms with Crippen LogP contribution in [0.2, 0.25) is 0 Å². The van der Waals surface area contributed by atoms with Crippen LogP contribution >= 0.6 is 0 Å². The number of nitrogens with zero attached hydrogens (tertiary/aromatic N) is 1. The molecule has 0 spiro atoms. The Morgan fingerprint density at radius 3 is 2.65 bits per heavy atom. The molecule has 1 atom stereocenters. The minimum Gasteiger partial charge on any atom is -0.486 e. The van der Waals surface area contributed by atoms with Gasteiger partial charge in [-0.15, -0.1) is 0 Å². The molecule has 1 N–H and O–H groups in total. The van der Waals surface area contributed by atoms with Gasteiger partial charge in [-0.25, -0.2) is 0 Å². The quantitative estimate of drug-likeness (QED) is 0.887. The lowest BCUT2D eigenvalue weighted by atomic mass is 10.0. The predicted molar refractivity (Wildman–Crippen MR) is 79.7 cm³/mol. The van der Waals surface area contributed by atoms with E-state index in [1.54, 1.807) is 0 Å². The van der Waals surface area contributed by atoms with E-state index in [1.807, 2.05) is 6.07 Å². The van der Waals surface area contributed by atoms with Crippen LogP contribution in [0.4, 0.5) is 0 Å². The molecular formula is C16H24N2O2. The molecule has 110 valence electrons. The van der Waals surface area contributed by atoms with Crippen molar-refractivity contribution in [1.29, 1.82) is 0 Å². The monoisotopic (exact) mass is 276 g/mol. The maximum absolute atomic E-state index is 5.66. The Morgan fingerprint density at radius 2 is 1.90 bits per heavy atom. The van der Waals surface area contributed by atoms with Gasteiger partial charge in [-0.05, 0) is 57.1 Å². The highest BCUT2D eigenvalue weighted by atomic mass is 16.6. The van der Waals surface area contributed by atoms with E-state index in [0.29, 0.717) is 19.3 Å². The first-order chi connectivity index (χ1) is 9.85. The lowest BCUT2D eigenvalue weighted by molar-refractivity contribution is 0.171. The van der Waals surface area contributed by atoms with E-state index >= 15 is 0 Å². The van der Waals surface area contributed by atoms with Crippen molar-refractivity contribution in [3.8, 4) is 11.5 Å². The van der Waals surface area contributed by atoms with Crippen LogP contribution in [0.15, 0.2) is 18.2 Å². The molecule has 1 aromatic rings. The summed E-state index contributed by atoms with van der Waals surface area (Å²) in [4.78, 5) is 2.55. The molecule has 0 bridgehead atoms. The van der Waals surface area contributed by atoms with Crippen molar-refractivity contribution >= 4 is 0 Å². The predicted octanol–water partition coefficient (Wildman–Crippen LogP) is 1.68. The van der Waals surface area contributed by atoms with Gasteiger partial charge in [0.05, 0.1) is 0 Å². The van der Waals surface area contributed by atoms with Crippen LogP contribution in [-0.2, 0) is 6.42 Å². The zero-order chi connectivity index (χ0) is 13.8. The SMILES string of the molecule is CNC(Cc1ccc2c(c1)OCCO2)CN1CCCC1. The van der Waals surface area contributed by atoms with Crippen molar-refractivity contribution in [2.24, 2.45) is 0 Å². The standard InChI is InChI=1S/C16H24N2O2/c1-17-14(12-18-6-2-3-7-18)10-13-4-5-15-16(11-13)20-9-8-19-15/h4-5,11,14,17H,2-3,6-10,12H2,1H3. The van der Waals surface area contributed by atoms with E-state index in [2.05, 4.69) is 29.4 Å². The summed E-state index contributed by atoms with van der Waals surface area (Å²) in [7, 11) is 2.05. The number of benzene rings is 1. The average molecular weight is 276 g/mol. The first-order valence-corrected chi connectivity index (χ1v) is 7.63. The van der Waals surface area contributed by atoms with Crippen molar-refractivity contribution in [2.75, 3.05) is 39.9 Å². The Kier molecular flexibility index (Phi) is 4.43. The van der Waals surface area contributed by atoms with Crippen LogP contribution in [0, 0.1) is 0 Å². The van der Waals surface area contributed by atoms with Gasteiger partial charge in [0.1, 0.15) is 13.2 Å². The topological polar surface area (TPSA) is 33.7 Å². The molecule has 0 saturated carbocycles. The Labute approximate surface area is 121 Å². The Hall–Kier alpha value is -1.26. The summed E-state index contributed by atoms with van der Waals surface area (Å²) in [5.41, 5.74) is 1.31. The molecule has 0 aromatic heterocycles. The van der Waals surface area contributed by atoms with Gasteiger partial charge in [0, 0.05) is 12.6 Å². The van der Waals surface area contributed by atoms with Crippen molar-refractivity contribution in [2.45, 2.75) is 25.3 Å². The minimum absolute atomic E-state index is 0.496. The highest BCUT2D eigenvalue weighted by Crippen LogP contribution is 2.31. The van der Waals surface area contributed by atoms with E-state index < -0.39 is 0 Å². The summed E-state index contributed by atoms with van der Waals surface area (Å²) in [6, 6.07) is 6.81. The molecule has 20 heavy (non-hydrogen) atoms. The van der Waals surface area contributed by atoms with E-state index in [9.17, 15) is 0 Å². The van der Waals surface area contributed by atoms with Crippen molar-refractivity contribution in [1.82, 2.24) is 10.2 Å². The largest absolute Gasteiger partial charge is 0.486 e. The summed E-state index contributed by atoms with van der Waals surface area (Å²) >= 11 is 0. The average Bonchev–Trinajstić information content (AvgIpc) is 2.99. The van der Waals surface area contributed by atoms with Crippen LogP contribution in [0.1, 0.15) is 18.4 Å². The summed E-state index contributed by atoms with van der Waals surface area (Å²) < 4.78 is 11.2. The third-order valence-electron chi connectivity index (χ3n) is 4.17. The van der Waals surface area contributed by atoms with E-state index in [0.717, 1.165) is 24.5 Å². The molecule has 1 unspecified atom stereocenters. The Balaban J connectivity index is 1.62. The summed E-state index contributed by atoms with van der Waals surface area (Å²) in [6.07, 6.45) is 3.73. The van der Waals surface area contributed by atoms with Crippen LogP contribution in [0.3, 0.4) is 0 Å². The van der Waals surface area contributed by atoms with Gasteiger partial charge in [0.15, 0.2) is 11.5 Å². The Bertz CT molecular complexity index is 444. The van der Waals surface area contributed by atoms with Crippen LogP contribution in [0.5, 0.6) is 11.5 Å². The van der Waals surface area contributed by atoms with Gasteiger partial charge in [0.2, 0.25) is 0 Å². The van der Waals surface area contributed by atoms with Crippen LogP contribution in [0.25, 0.3) is 0 Å². The Morgan fingerprint density at radius 1 is 1.15 bits per heavy atom. The smallest absolute Gasteiger partial charge is 0.161 e. The van der Waals surface area contributed by atoms with Crippen molar-refractivity contribution in [3.05, 3.63) is 23.8 Å². The van der Waals surface area contributed by atoms with Gasteiger partial charge in [0.25, 0.3) is 0 Å². The summed E-state index contributed by atoms with van der Waals surface area (Å²) in [5, 5.41) is 3.44. The highest BCUT2D eigenvalue weighted by Gasteiger charge is 2.18. The lowest BCUT2D eigenvalue weighted by Gasteiger charge is -2.24. The van der Waals surface area contributed by atoms with Crippen LogP contribution < -0.4 is 14.8 Å². The number of hydrogen-bond acceptors (Lipinski definition) is 4. The number of likely N-dealkylation sites (N-methyl/N-ethyl adjacent to an activating group) is 1. The van der Waals surface area contributed by atoms with Crippen molar-refractivity contribution in [3.63, 3.8) is 0 Å². The molecule has 3 rings (SSSR count). The molecule has 2 aliphatic heterocycles. The van der Waals surface area contributed by atoms with Gasteiger partial charge in [-0.2, -0.15) is 0 Å². The van der Waals surface area contributed by atoms with Crippen molar-refractivity contribution < 1.29 is 9.47 Å². The number of nitrogens with one attached hydrogen (secondary N) is 1. The molecular weight excluding hydrogens is 252 g/mol. The first kappa shape index (κ1) is 13.7. The second kappa shape index (κ2) is 6.46. The number of ether oxygens (including phenoxy) is 2. The maximum Gasteiger partial charge on any atom is 0.161 e. The molecule has 4 heteroatoms. The fourth-order valence-electron chi connectivity index (χ4n) is 3.03. The fourth-order valence-corrected chi connectivity index (χ4v) is 3.03. The third-order valence-corrected chi connectivity index (χ3v) is 4.17. The molecule has 1 aromatic carbocycles. The molecule has 4 nitrogen and oxygen atoms in total. The molecule has 2 heterocycles. The van der Waals surface area contributed by atoms with E-state index in [-0.39, 0.29) is 0 Å². The van der Waals surface area contributed by atoms with E-state index in [1.165, 1.54) is 31.5 Å². The molecule has 0 amide bonds.